The molecule has 0 amide bonds. The molecule has 7 heteroatoms. The molecule has 0 aliphatic heterocycles. The number of alkyl halides is 3. The number of nitrogens with one attached hydrogen (secondary N) is 1. The maximum absolute atomic E-state index is 13.5. The van der Waals surface area contributed by atoms with Gasteiger partial charge in [0.15, 0.2) is 0 Å². The average molecular weight is 349 g/mol. The van der Waals surface area contributed by atoms with Gasteiger partial charge in [-0.25, -0.2) is 9.07 Å². The molecular formula is C18H15F4N3. The first-order valence-electron chi connectivity index (χ1n) is 7.55. The van der Waals surface area contributed by atoms with E-state index in [2.05, 4.69) is 10.4 Å². The summed E-state index contributed by atoms with van der Waals surface area (Å²) in [4.78, 5) is 0. The van der Waals surface area contributed by atoms with Crippen LogP contribution in [0.4, 0.5) is 23.4 Å². The molecule has 0 saturated heterocycles. The molecule has 0 aliphatic rings. The average Bonchev–Trinajstić information content (AvgIpc) is 2.98. The van der Waals surface area contributed by atoms with Gasteiger partial charge in [0.25, 0.3) is 0 Å². The van der Waals surface area contributed by atoms with Crippen molar-refractivity contribution in [2.24, 2.45) is 0 Å². The molecule has 0 fully saturated rings. The van der Waals surface area contributed by atoms with Crippen LogP contribution in [0.3, 0.4) is 0 Å². The first-order valence-corrected chi connectivity index (χ1v) is 7.55. The van der Waals surface area contributed by atoms with Gasteiger partial charge in [0.1, 0.15) is 11.6 Å². The fourth-order valence-electron chi connectivity index (χ4n) is 2.59. The number of rotatable bonds is 4. The number of benzene rings is 2. The van der Waals surface area contributed by atoms with Gasteiger partial charge in [-0.05, 0) is 29.8 Å². The molecule has 1 N–H and O–H groups in total. The molecule has 0 atom stereocenters. The topological polar surface area (TPSA) is 29.9 Å². The molecule has 0 saturated carbocycles. The molecular weight excluding hydrogens is 334 g/mol. The maximum Gasteiger partial charge on any atom is 0.393 e. The Morgan fingerprint density at radius 3 is 2.48 bits per heavy atom. The quantitative estimate of drug-likeness (QED) is 0.684. The van der Waals surface area contributed by atoms with Crippen molar-refractivity contribution in [3.8, 4) is 16.9 Å². The lowest BCUT2D eigenvalue weighted by Crippen LogP contribution is -2.11. The van der Waals surface area contributed by atoms with E-state index < -0.39 is 18.4 Å². The Kier molecular flexibility index (Phi) is 4.48. The van der Waals surface area contributed by atoms with E-state index >= 15 is 0 Å². The predicted molar refractivity (Wildman–Crippen MR) is 88.3 cm³/mol. The summed E-state index contributed by atoms with van der Waals surface area (Å²) in [6, 6.07) is 13.7. The highest BCUT2D eigenvalue weighted by Crippen LogP contribution is 2.29. The lowest BCUT2D eigenvalue weighted by Gasteiger charge is -2.10. The molecule has 0 spiro atoms. The molecule has 0 unspecified atom stereocenters. The van der Waals surface area contributed by atoms with Gasteiger partial charge in [-0.15, -0.1) is 5.10 Å². The maximum atomic E-state index is 13.5. The third-order valence-corrected chi connectivity index (χ3v) is 3.65. The summed E-state index contributed by atoms with van der Waals surface area (Å²) < 4.78 is 53.0. The van der Waals surface area contributed by atoms with Gasteiger partial charge in [-0.3, -0.25) is 0 Å². The highest BCUT2D eigenvalue weighted by atomic mass is 19.4. The molecule has 0 radical (unpaired) electrons. The molecule has 3 nitrogen and oxygen atoms in total. The smallest absolute Gasteiger partial charge is 0.372 e. The predicted octanol–water partition coefficient (Wildman–Crippen LogP) is 4.82. The van der Waals surface area contributed by atoms with Gasteiger partial charge in [0.2, 0.25) is 0 Å². The van der Waals surface area contributed by atoms with Crippen LogP contribution in [0.15, 0.2) is 54.6 Å². The molecule has 1 aromatic heterocycles. The fourth-order valence-corrected chi connectivity index (χ4v) is 2.59. The Labute approximate surface area is 141 Å². The van der Waals surface area contributed by atoms with E-state index in [1.54, 1.807) is 37.4 Å². The summed E-state index contributed by atoms with van der Waals surface area (Å²) in [7, 11) is 1.68. The lowest BCUT2D eigenvalue weighted by atomic mass is 10.1. The Hall–Kier alpha value is -2.83. The highest BCUT2D eigenvalue weighted by molar-refractivity contribution is 5.66. The van der Waals surface area contributed by atoms with Gasteiger partial charge < -0.3 is 5.32 Å². The summed E-state index contributed by atoms with van der Waals surface area (Å²) in [5.41, 5.74) is 1.78. The standard InChI is InChI=1S/C18H15F4N3/c1-23-17-10-16(25(24-17)15-7-3-6-14(19)9-15)13-5-2-4-12(8-13)11-18(20,21)22/h2-10H,11H2,1H3,(H,23,24). The van der Waals surface area contributed by atoms with Crippen molar-refractivity contribution in [1.29, 1.82) is 0 Å². The number of aromatic nitrogens is 2. The van der Waals surface area contributed by atoms with E-state index in [9.17, 15) is 17.6 Å². The summed E-state index contributed by atoms with van der Waals surface area (Å²) >= 11 is 0. The van der Waals surface area contributed by atoms with Crippen LogP contribution in [-0.2, 0) is 6.42 Å². The number of hydrogen-bond donors (Lipinski definition) is 1. The van der Waals surface area contributed by atoms with Crippen molar-refractivity contribution < 1.29 is 17.6 Å². The first-order chi connectivity index (χ1) is 11.9. The Morgan fingerprint density at radius 2 is 1.80 bits per heavy atom. The summed E-state index contributed by atoms with van der Waals surface area (Å²) in [6.45, 7) is 0. The molecule has 3 rings (SSSR count). The molecule has 3 aromatic rings. The van der Waals surface area contributed by atoms with Crippen molar-refractivity contribution >= 4 is 5.82 Å². The molecule has 130 valence electrons. The van der Waals surface area contributed by atoms with Crippen molar-refractivity contribution in [2.75, 3.05) is 12.4 Å². The minimum Gasteiger partial charge on any atom is -0.372 e. The molecule has 1 heterocycles. The zero-order valence-corrected chi connectivity index (χ0v) is 13.3. The van der Waals surface area contributed by atoms with E-state index in [1.807, 2.05) is 0 Å². The highest BCUT2D eigenvalue weighted by Gasteiger charge is 2.27. The Morgan fingerprint density at radius 1 is 1.04 bits per heavy atom. The zero-order valence-electron chi connectivity index (χ0n) is 13.3. The SMILES string of the molecule is CNc1cc(-c2cccc(CC(F)(F)F)c2)n(-c2cccc(F)c2)n1. The van der Waals surface area contributed by atoms with E-state index in [1.165, 1.54) is 28.9 Å². The van der Waals surface area contributed by atoms with Crippen molar-refractivity contribution in [1.82, 2.24) is 9.78 Å². The van der Waals surface area contributed by atoms with Crippen LogP contribution in [0, 0.1) is 5.82 Å². The number of anilines is 1. The van der Waals surface area contributed by atoms with E-state index in [-0.39, 0.29) is 5.56 Å². The van der Waals surface area contributed by atoms with Crippen LogP contribution in [-0.4, -0.2) is 23.0 Å². The monoisotopic (exact) mass is 349 g/mol. The molecule has 0 bridgehead atoms. The minimum absolute atomic E-state index is 0.156. The van der Waals surface area contributed by atoms with Gasteiger partial charge in [0, 0.05) is 18.7 Å². The minimum atomic E-state index is -4.28. The normalized spacial score (nSPS) is 11.6. The number of hydrogen-bond acceptors (Lipinski definition) is 2. The molecule has 25 heavy (non-hydrogen) atoms. The van der Waals surface area contributed by atoms with Crippen LogP contribution in [0.25, 0.3) is 16.9 Å². The second kappa shape index (κ2) is 6.58. The third kappa shape index (κ3) is 3.99. The van der Waals surface area contributed by atoms with Crippen LogP contribution in [0.5, 0.6) is 0 Å². The van der Waals surface area contributed by atoms with Crippen molar-refractivity contribution in [2.45, 2.75) is 12.6 Å². The van der Waals surface area contributed by atoms with Crippen LogP contribution in [0.1, 0.15) is 5.56 Å². The van der Waals surface area contributed by atoms with E-state index in [0.717, 1.165) is 0 Å². The van der Waals surface area contributed by atoms with E-state index in [4.69, 9.17) is 0 Å². The lowest BCUT2D eigenvalue weighted by molar-refractivity contribution is -0.127. The van der Waals surface area contributed by atoms with Gasteiger partial charge in [-0.1, -0.05) is 24.3 Å². The zero-order chi connectivity index (χ0) is 18.0. The number of halogens is 4. The second-order valence-corrected chi connectivity index (χ2v) is 5.55. The summed E-state index contributed by atoms with van der Waals surface area (Å²) in [6.07, 6.45) is -5.29. The van der Waals surface area contributed by atoms with Crippen molar-refractivity contribution in [3.63, 3.8) is 0 Å². The van der Waals surface area contributed by atoms with Crippen LogP contribution in [0.2, 0.25) is 0 Å². The number of nitrogens with zero attached hydrogens (tertiary/aromatic N) is 2. The Bertz CT molecular complexity index is 884. The summed E-state index contributed by atoms with van der Waals surface area (Å²) in [5, 5.41) is 7.23. The van der Waals surface area contributed by atoms with Crippen LogP contribution < -0.4 is 5.32 Å². The second-order valence-electron chi connectivity index (χ2n) is 5.55. The van der Waals surface area contributed by atoms with E-state index in [0.29, 0.717) is 22.8 Å². The molecule has 0 aliphatic carbocycles. The fraction of sp³-hybridized carbons (Fsp3) is 0.167. The van der Waals surface area contributed by atoms with Gasteiger partial charge in [-0.2, -0.15) is 13.2 Å². The molecule has 2 aromatic carbocycles. The first kappa shape index (κ1) is 17.0. The van der Waals surface area contributed by atoms with Crippen molar-refractivity contribution in [3.05, 3.63) is 66.0 Å². The van der Waals surface area contributed by atoms with Gasteiger partial charge >= 0.3 is 6.18 Å². The van der Waals surface area contributed by atoms with Crippen LogP contribution >= 0.6 is 0 Å². The summed E-state index contributed by atoms with van der Waals surface area (Å²) in [5.74, 6) is 0.108. The Balaban J connectivity index is 2.08. The third-order valence-electron chi connectivity index (χ3n) is 3.65. The largest absolute Gasteiger partial charge is 0.393 e. The van der Waals surface area contributed by atoms with Gasteiger partial charge in [0.05, 0.1) is 17.8 Å².